The van der Waals surface area contributed by atoms with Crippen molar-refractivity contribution < 1.29 is 13.5 Å². The van der Waals surface area contributed by atoms with Gasteiger partial charge < -0.3 is 10.4 Å². The molecule has 0 unspecified atom stereocenters. The summed E-state index contributed by atoms with van der Waals surface area (Å²) < 4.78 is 24.1. The second-order valence-corrected chi connectivity index (χ2v) is 6.74. The van der Waals surface area contributed by atoms with E-state index in [1.165, 1.54) is 0 Å². The predicted octanol–water partition coefficient (Wildman–Crippen LogP) is 1.26. The zero-order valence-electron chi connectivity index (χ0n) is 10.6. The van der Waals surface area contributed by atoms with Crippen LogP contribution in [0.2, 0.25) is 0 Å². The lowest BCUT2D eigenvalue weighted by Crippen LogP contribution is -2.16. The van der Waals surface area contributed by atoms with Gasteiger partial charge >= 0.3 is 0 Å². The molecule has 0 spiro atoms. The van der Waals surface area contributed by atoms with Crippen molar-refractivity contribution >= 4 is 9.84 Å². The molecule has 18 heavy (non-hydrogen) atoms. The van der Waals surface area contributed by atoms with Crippen LogP contribution in [0.5, 0.6) is 5.75 Å². The number of phenols is 1. The van der Waals surface area contributed by atoms with Gasteiger partial charge in [0.1, 0.15) is 10.6 Å². The van der Waals surface area contributed by atoms with Gasteiger partial charge in [-0.25, -0.2) is 8.42 Å². The van der Waals surface area contributed by atoms with Gasteiger partial charge in [0, 0.05) is 0 Å². The van der Waals surface area contributed by atoms with E-state index in [1.807, 2.05) is 6.92 Å². The van der Waals surface area contributed by atoms with Crippen LogP contribution in [0, 0.1) is 0 Å². The highest BCUT2D eigenvalue weighted by Gasteiger charge is 2.21. The first kappa shape index (κ1) is 13.4. The van der Waals surface area contributed by atoms with Gasteiger partial charge in [0.25, 0.3) is 0 Å². The molecule has 0 fully saturated rings. The van der Waals surface area contributed by atoms with Crippen molar-refractivity contribution in [3.63, 3.8) is 0 Å². The van der Waals surface area contributed by atoms with Crippen LogP contribution in [0.1, 0.15) is 24.5 Å². The summed E-state index contributed by atoms with van der Waals surface area (Å²) in [5, 5.41) is 13.2. The van der Waals surface area contributed by atoms with Crippen molar-refractivity contribution in [3.05, 3.63) is 23.3 Å². The Hall–Kier alpha value is -1.07. The molecule has 0 aromatic heterocycles. The Balaban J connectivity index is 2.47. The van der Waals surface area contributed by atoms with Gasteiger partial charge in [-0.05, 0) is 55.6 Å². The molecule has 2 rings (SSSR count). The van der Waals surface area contributed by atoms with Crippen LogP contribution in [-0.2, 0) is 22.7 Å². The molecule has 4 nitrogen and oxygen atoms in total. The number of phenolic OH excluding ortho intramolecular Hbond substituents is 1. The second kappa shape index (κ2) is 5.28. The normalized spacial score (nSPS) is 16.1. The number of rotatable bonds is 3. The fourth-order valence-electron chi connectivity index (χ4n) is 2.32. The predicted molar refractivity (Wildman–Crippen MR) is 70.7 cm³/mol. The maximum Gasteiger partial charge on any atom is 0.182 e. The van der Waals surface area contributed by atoms with E-state index < -0.39 is 9.84 Å². The molecule has 5 heteroatoms. The molecule has 0 aliphatic carbocycles. The van der Waals surface area contributed by atoms with Gasteiger partial charge in [-0.1, -0.05) is 6.92 Å². The summed E-state index contributed by atoms with van der Waals surface area (Å²) in [6, 6.07) is 3.27. The van der Waals surface area contributed by atoms with Crippen molar-refractivity contribution in [2.45, 2.75) is 31.1 Å². The number of fused-ring (bicyclic) bond motifs is 1. The van der Waals surface area contributed by atoms with E-state index in [2.05, 4.69) is 5.32 Å². The summed E-state index contributed by atoms with van der Waals surface area (Å²) in [7, 11) is -3.36. The second-order valence-electron chi connectivity index (χ2n) is 4.66. The Kier molecular flexibility index (Phi) is 3.92. The number of benzene rings is 1. The summed E-state index contributed by atoms with van der Waals surface area (Å²) in [6.45, 7) is 3.54. The molecule has 0 atom stereocenters. The van der Waals surface area contributed by atoms with Crippen LogP contribution in [0.3, 0.4) is 0 Å². The first-order valence-electron chi connectivity index (χ1n) is 6.33. The molecular formula is C13H19NO3S. The highest BCUT2D eigenvalue weighted by atomic mass is 32.2. The number of aromatic hydroxyl groups is 1. The third-order valence-corrected chi connectivity index (χ3v) is 5.17. The van der Waals surface area contributed by atoms with Crippen LogP contribution in [0.4, 0.5) is 0 Å². The Morgan fingerprint density at radius 3 is 2.44 bits per heavy atom. The number of nitrogens with one attached hydrogen (secondary N) is 1. The molecule has 2 N–H and O–H groups in total. The number of sulfone groups is 1. The van der Waals surface area contributed by atoms with Crippen LogP contribution in [0.15, 0.2) is 17.0 Å². The number of hydrogen-bond acceptors (Lipinski definition) is 4. The lowest BCUT2D eigenvalue weighted by molar-refractivity contribution is 0.457. The summed E-state index contributed by atoms with van der Waals surface area (Å²) >= 11 is 0. The smallest absolute Gasteiger partial charge is 0.182 e. The Labute approximate surface area is 108 Å². The third kappa shape index (κ3) is 2.67. The van der Waals surface area contributed by atoms with E-state index >= 15 is 0 Å². The van der Waals surface area contributed by atoms with E-state index in [4.69, 9.17) is 0 Å². The maximum absolute atomic E-state index is 12.0. The van der Waals surface area contributed by atoms with Gasteiger partial charge in [0.05, 0.1) is 5.75 Å². The summed E-state index contributed by atoms with van der Waals surface area (Å²) in [6.07, 6.45) is 2.20. The molecular weight excluding hydrogens is 250 g/mol. The number of hydrogen-bond donors (Lipinski definition) is 2. The molecule has 1 aliphatic heterocycles. The minimum absolute atomic E-state index is 0.0809. The standard InChI is InChI=1S/C13H19NO3S/c1-2-7-18(16,17)13-9-11-4-6-14-5-3-10(11)8-12(13)15/h8-9,14-15H,2-7H2,1H3. The van der Waals surface area contributed by atoms with Gasteiger partial charge in [-0.2, -0.15) is 0 Å². The van der Waals surface area contributed by atoms with Crippen molar-refractivity contribution in [1.82, 2.24) is 5.32 Å². The Morgan fingerprint density at radius 2 is 1.83 bits per heavy atom. The zero-order valence-corrected chi connectivity index (χ0v) is 11.4. The molecule has 1 aromatic rings. The molecule has 100 valence electrons. The van der Waals surface area contributed by atoms with E-state index in [1.54, 1.807) is 12.1 Å². The average molecular weight is 269 g/mol. The Morgan fingerprint density at radius 1 is 1.22 bits per heavy atom. The SMILES string of the molecule is CCCS(=O)(=O)c1cc2c(cc1O)CCNCC2. The minimum Gasteiger partial charge on any atom is -0.507 e. The van der Waals surface area contributed by atoms with Crippen molar-refractivity contribution in [3.8, 4) is 5.75 Å². The first-order valence-corrected chi connectivity index (χ1v) is 7.98. The van der Waals surface area contributed by atoms with Crippen LogP contribution >= 0.6 is 0 Å². The monoisotopic (exact) mass is 269 g/mol. The lowest BCUT2D eigenvalue weighted by atomic mass is 10.0. The van der Waals surface area contributed by atoms with Gasteiger partial charge in [0.15, 0.2) is 9.84 Å². The maximum atomic E-state index is 12.0. The van der Waals surface area contributed by atoms with E-state index in [9.17, 15) is 13.5 Å². The molecule has 0 saturated carbocycles. The van der Waals surface area contributed by atoms with Crippen LogP contribution in [0.25, 0.3) is 0 Å². The van der Waals surface area contributed by atoms with Crippen LogP contribution in [-0.4, -0.2) is 32.4 Å². The highest BCUT2D eigenvalue weighted by molar-refractivity contribution is 7.91. The fourth-order valence-corrected chi connectivity index (χ4v) is 3.77. The summed E-state index contributed by atoms with van der Waals surface area (Å²) in [5.74, 6) is -0.0264. The van der Waals surface area contributed by atoms with Gasteiger partial charge in [0.2, 0.25) is 0 Å². The summed E-state index contributed by atoms with van der Waals surface area (Å²) in [5.41, 5.74) is 2.08. The molecule has 0 bridgehead atoms. The first-order chi connectivity index (χ1) is 8.54. The topological polar surface area (TPSA) is 66.4 Å². The molecule has 1 aliphatic rings. The highest BCUT2D eigenvalue weighted by Crippen LogP contribution is 2.29. The average Bonchev–Trinajstić information content (AvgIpc) is 2.52. The zero-order chi connectivity index (χ0) is 13.2. The van der Waals surface area contributed by atoms with Gasteiger partial charge in [-0.15, -0.1) is 0 Å². The lowest BCUT2D eigenvalue weighted by Gasteiger charge is -2.11. The quantitative estimate of drug-likeness (QED) is 0.867. The van der Waals surface area contributed by atoms with Crippen molar-refractivity contribution in [1.29, 1.82) is 0 Å². The minimum atomic E-state index is -3.36. The van der Waals surface area contributed by atoms with Crippen LogP contribution < -0.4 is 5.32 Å². The molecule has 0 saturated heterocycles. The largest absolute Gasteiger partial charge is 0.507 e. The third-order valence-electron chi connectivity index (χ3n) is 3.23. The van der Waals surface area contributed by atoms with E-state index in [0.717, 1.165) is 37.1 Å². The van der Waals surface area contributed by atoms with E-state index in [0.29, 0.717) is 6.42 Å². The Bertz CT molecular complexity index is 537. The summed E-state index contributed by atoms with van der Waals surface area (Å²) in [4.78, 5) is 0.0880. The van der Waals surface area contributed by atoms with Crippen molar-refractivity contribution in [2.75, 3.05) is 18.8 Å². The van der Waals surface area contributed by atoms with Gasteiger partial charge in [-0.3, -0.25) is 0 Å². The molecule has 0 amide bonds. The van der Waals surface area contributed by atoms with Crippen molar-refractivity contribution in [2.24, 2.45) is 0 Å². The fraction of sp³-hybridized carbons (Fsp3) is 0.538. The van der Waals surface area contributed by atoms with E-state index in [-0.39, 0.29) is 16.4 Å². The molecule has 1 heterocycles. The molecule has 1 aromatic carbocycles. The molecule has 0 radical (unpaired) electrons.